The van der Waals surface area contributed by atoms with Crippen LogP contribution in [-0.4, -0.2) is 42.1 Å². The molecule has 1 aliphatic heterocycles. The summed E-state index contributed by atoms with van der Waals surface area (Å²) in [5.74, 6) is 1.18. The second kappa shape index (κ2) is 7.09. The Morgan fingerprint density at radius 2 is 1.60 bits per heavy atom. The Bertz CT molecular complexity index is 706. The lowest BCUT2D eigenvalue weighted by Gasteiger charge is -2.36. The number of aromatic nitrogens is 2. The third-order valence-corrected chi connectivity index (χ3v) is 5.09. The first-order chi connectivity index (χ1) is 12.3. The van der Waals surface area contributed by atoms with Gasteiger partial charge >= 0.3 is 0 Å². The SMILES string of the molecule is O=C(Nc1ccc(N2CCN(c3ncccn3)CC2)cc1)C1CCC1. The van der Waals surface area contributed by atoms with Crippen LogP contribution in [0, 0.1) is 5.92 Å². The lowest BCUT2D eigenvalue weighted by molar-refractivity contribution is -0.122. The van der Waals surface area contributed by atoms with Gasteiger partial charge in [-0.1, -0.05) is 6.42 Å². The van der Waals surface area contributed by atoms with Crippen molar-refractivity contribution in [3.63, 3.8) is 0 Å². The van der Waals surface area contributed by atoms with Crippen LogP contribution in [0.4, 0.5) is 17.3 Å². The van der Waals surface area contributed by atoms with E-state index >= 15 is 0 Å². The molecule has 1 N–H and O–H groups in total. The fourth-order valence-corrected chi connectivity index (χ4v) is 3.29. The zero-order chi connectivity index (χ0) is 17.1. The number of carbonyl (C=O) groups excluding carboxylic acids is 1. The van der Waals surface area contributed by atoms with Crippen molar-refractivity contribution in [1.29, 1.82) is 0 Å². The summed E-state index contributed by atoms with van der Waals surface area (Å²) in [6.45, 7) is 3.69. The largest absolute Gasteiger partial charge is 0.368 e. The van der Waals surface area contributed by atoms with E-state index in [0.717, 1.165) is 50.7 Å². The van der Waals surface area contributed by atoms with Crippen LogP contribution in [-0.2, 0) is 4.79 Å². The molecule has 0 bridgehead atoms. The molecule has 25 heavy (non-hydrogen) atoms. The summed E-state index contributed by atoms with van der Waals surface area (Å²) in [6, 6.07) is 10.0. The first-order valence-corrected chi connectivity index (χ1v) is 8.97. The highest BCUT2D eigenvalue weighted by atomic mass is 16.1. The molecule has 130 valence electrons. The average Bonchev–Trinajstić information content (AvgIpc) is 2.62. The van der Waals surface area contributed by atoms with Gasteiger partial charge in [-0.2, -0.15) is 0 Å². The monoisotopic (exact) mass is 337 g/mol. The van der Waals surface area contributed by atoms with Gasteiger partial charge in [0.05, 0.1) is 0 Å². The minimum absolute atomic E-state index is 0.162. The van der Waals surface area contributed by atoms with Crippen LogP contribution < -0.4 is 15.1 Å². The van der Waals surface area contributed by atoms with Gasteiger partial charge in [0.1, 0.15) is 0 Å². The fraction of sp³-hybridized carbons (Fsp3) is 0.421. The number of nitrogens with one attached hydrogen (secondary N) is 1. The summed E-state index contributed by atoms with van der Waals surface area (Å²) in [6.07, 6.45) is 6.80. The molecule has 2 aliphatic rings. The Balaban J connectivity index is 1.33. The molecule has 1 saturated heterocycles. The van der Waals surface area contributed by atoms with E-state index < -0.39 is 0 Å². The zero-order valence-electron chi connectivity index (χ0n) is 14.3. The molecule has 1 amide bonds. The van der Waals surface area contributed by atoms with Crippen LogP contribution in [0.3, 0.4) is 0 Å². The van der Waals surface area contributed by atoms with Gasteiger partial charge in [0.25, 0.3) is 0 Å². The molecule has 0 unspecified atom stereocenters. The normalized spacial score (nSPS) is 17.9. The quantitative estimate of drug-likeness (QED) is 0.929. The zero-order valence-corrected chi connectivity index (χ0v) is 14.3. The molecule has 1 aromatic carbocycles. The second-order valence-electron chi connectivity index (χ2n) is 6.69. The number of anilines is 3. The minimum Gasteiger partial charge on any atom is -0.368 e. The summed E-state index contributed by atoms with van der Waals surface area (Å²) in [4.78, 5) is 25.2. The smallest absolute Gasteiger partial charge is 0.227 e. The molecule has 0 spiro atoms. The first kappa shape index (κ1) is 15.9. The number of amides is 1. The first-order valence-electron chi connectivity index (χ1n) is 8.97. The number of hydrogen-bond donors (Lipinski definition) is 1. The van der Waals surface area contributed by atoms with Gasteiger partial charge in [-0.05, 0) is 43.2 Å². The third-order valence-electron chi connectivity index (χ3n) is 5.09. The van der Waals surface area contributed by atoms with Gasteiger partial charge in [0, 0.05) is 55.9 Å². The molecule has 2 fully saturated rings. The van der Waals surface area contributed by atoms with E-state index in [4.69, 9.17) is 0 Å². The molecule has 6 nitrogen and oxygen atoms in total. The lowest BCUT2D eigenvalue weighted by atomic mass is 9.85. The highest BCUT2D eigenvalue weighted by molar-refractivity contribution is 5.93. The Kier molecular flexibility index (Phi) is 4.50. The Morgan fingerprint density at radius 3 is 2.20 bits per heavy atom. The van der Waals surface area contributed by atoms with Gasteiger partial charge in [0.15, 0.2) is 0 Å². The Hall–Kier alpha value is -2.63. The topological polar surface area (TPSA) is 61.4 Å². The highest BCUT2D eigenvalue weighted by Crippen LogP contribution is 2.28. The Morgan fingerprint density at radius 1 is 0.960 bits per heavy atom. The third kappa shape index (κ3) is 3.57. The van der Waals surface area contributed by atoms with Crippen LogP contribution >= 0.6 is 0 Å². The molecular formula is C19H23N5O. The van der Waals surface area contributed by atoms with Crippen LogP contribution in [0.25, 0.3) is 0 Å². The van der Waals surface area contributed by atoms with E-state index in [1.807, 2.05) is 18.2 Å². The maximum Gasteiger partial charge on any atom is 0.227 e. The van der Waals surface area contributed by atoms with Gasteiger partial charge in [0.2, 0.25) is 11.9 Å². The summed E-state index contributed by atoms with van der Waals surface area (Å²) in [7, 11) is 0. The fourth-order valence-electron chi connectivity index (χ4n) is 3.29. The molecule has 1 aliphatic carbocycles. The van der Waals surface area contributed by atoms with E-state index in [0.29, 0.717) is 0 Å². The van der Waals surface area contributed by atoms with Gasteiger partial charge in [-0.15, -0.1) is 0 Å². The molecule has 2 heterocycles. The molecule has 4 rings (SSSR count). The summed E-state index contributed by atoms with van der Waals surface area (Å²) in [5.41, 5.74) is 2.08. The second-order valence-corrected chi connectivity index (χ2v) is 6.69. The number of benzene rings is 1. The van der Waals surface area contributed by atoms with E-state index in [-0.39, 0.29) is 11.8 Å². The van der Waals surface area contributed by atoms with Crippen LogP contribution in [0.2, 0.25) is 0 Å². The van der Waals surface area contributed by atoms with Crippen LogP contribution in [0.5, 0.6) is 0 Å². The minimum atomic E-state index is 0.162. The van der Waals surface area contributed by atoms with Crippen molar-refractivity contribution in [1.82, 2.24) is 9.97 Å². The molecular weight excluding hydrogens is 314 g/mol. The lowest BCUT2D eigenvalue weighted by Crippen LogP contribution is -2.47. The van der Waals surface area contributed by atoms with E-state index in [2.05, 4.69) is 37.2 Å². The van der Waals surface area contributed by atoms with Gasteiger partial charge in [-0.3, -0.25) is 4.79 Å². The maximum absolute atomic E-state index is 12.0. The highest BCUT2D eigenvalue weighted by Gasteiger charge is 2.25. The van der Waals surface area contributed by atoms with Crippen molar-refractivity contribution < 1.29 is 4.79 Å². The Labute approximate surface area is 147 Å². The summed E-state index contributed by atoms with van der Waals surface area (Å²) in [5, 5.41) is 3.02. The summed E-state index contributed by atoms with van der Waals surface area (Å²) >= 11 is 0. The van der Waals surface area contributed by atoms with Crippen molar-refractivity contribution in [3.05, 3.63) is 42.7 Å². The van der Waals surface area contributed by atoms with Crippen LogP contribution in [0.1, 0.15) is 19.3 Å². The predicted octanol–water partition coefficient (Wildman–Crippen LogP) is 2.54. The average molecular weight is 337 g/mol. The standard InChI is InChI=1S/C19H23N5O/c25-18(15-3-1-4-15)22-16-5-7-17(8-6-16)23-11-13-24(14-12-23)19-20-9-2-10-21-19/h2,5-10,15H,1,3-4,11-14H2,(H,22,25). The number of nitrogens with zero attached hydrogens (tertiary/aromatic N) is 4. The van der Waals surface area contributed by atoms with Crippen molar-refractivity contribution in [2.75, 3.05) is 41.3 Å². The van der Waals surface area contributed by atoms with Crippen LogP contribution in [0.15, 0.2) is 42.7 Å². The molecule has 1 aromatic heterocycles. The summed E-state index contributed by atoms with van der Waals surface area (Å²) < 4.78 is 0. The van der Waals surface area contributed by atoms with Crippen molar-refractivity contribution in [3.8, 4) is 0 Å². The van der Waals surface area contributed by atoms with Crippen molar-refractivity contribution in [2.24, 2.45) is 5.92 Å². The van der Waals surface area contributed by atoms with Gasteiger partial charge < -0.3 is 15.1 Å². The van der Waals surface area contributed by atoms with E-state index in [1.54, 1.807) is 12.4 Å². The van der Waals surface area contributed by atoms with E-state index in [9.17, 15) is 4.79 Å². The molecule has 0 atom stereocenters. The predicted molar refractivity (Wildman–Crippen MR) is 98.9 cm³/mol. The molecule has 0 radical (unpaired) electrons. The number of carbonyl (C=O) groups is 1. The maximum atomic E-state index is 12.0. The molecule has 1 saturated carbocycles. The van der Waals surface area contributed by atoms with Gasteiger partial charge in [-0.25, -0.2) is 9.97 Å². The van der Waals surface area contributed by atoms with Crippen molar-refractivity contribution >= 4 is 23.2 Å². The number of hydrogen-bond acceptors (Lipinski definition) is 5. The molecule has 6 heteroatoms. The van der Waals surface area contributed by atoms with E-state index in [1.165, 1.54) is 12.1 Å². The number of piperazine rings is 1. The van der Waals surface area contributed by atoms with Crippen molar-refractivity contribution in [2.45, 2.75) is 19.3 Å². The number of rotatable bonds is 4. The molecule has 2 aromatic rings.